The van der Waals surface area contributed by atoms with Gasteiger partial charge >= 0.3 is 5.97 Å². The minimum atomic E-state index is -1.05. The van der Waals surface area contributed by atoms with Crippen molar-refractivity contribution in [3.05, 3.63) is 82.5 Å². The standard InChI is InChI=1S/C23H21ClN2O4/c1-14-6-5-7-15(10-14)18-11-16(13-25-23(18)30-2)22(29)26-20(12-21(27)28)17-8-3-4-9-19(17)24/h3-11,13,20H,12H2,1-2H3,(H,26,29)(H,27,28)/t20-/m0/s1. The molecule has 0 saturated heterocycles. The second kappa shape index (κ2) is 9.41. The van der Waals surface area contributed by atoms with Crippen LogP contribution in [0.25, 0.3) is 11.1 Å². The van der Waals surface area contributed by atoms with E-state index in [-0.39, 0.29) is 12.0 Å². The van der Waals surface area contributed by atoms with Crippen molar-refractivity contribution in [2.45, 2.75) is 19.4 Å². The fourth-order valence-electron chi connectivity index (χ4n) is 3.17. The largest absolute Gasteiger partial charge is 0.481 e. The quantitative estimate of drug-likeness (QED) is 0.575. The molecule has 0 saturated carbocycles. The third-order valence-corrected chi connectivity index (χ3v) is 4.94. The highest BCUT2D eigenvalue weighted by Gasteiger charge is 2.22. The van der Waals surface area contributed by atoms with E-state index in [1.54, 1.807) is 30.3 Å². The molecule has 0 unspecified atom stereocenters. The number of hydrogen-bond donors (Lipinski definition) is 2. The van der Waals surface area contributed by atoms with Gasteiger partial charge in [-0.15, -0.1) is 0 Å². The predicted molar refractivity (Wildman–Crippen MR) is 115 cm³/mol. The lowest BCUT2D eigenvalue weighted by atomic mass is 10.0. The summed E-state index contributed by atoms with van der Waals surface area (Å²) in [5.41, 5.74) is 3.42. The van der Waals surface area contributed by atoms with Crippen LogP contribution in [-0.4, -0.2) is 29.1 Å². The number of carboxylic acid groups (broad SMARTS) is 1. The van der Waals surface area contributed by atoms with Gasteiger partial charge in [0.25, 0.3) is 5.91 Å². The van der Waals surface area contributed by atoms with Crippen molar-refractivity contribution in [3.8, 4) is 17.0 Å². The van der Waals surface area contributed by atoms with Gasteiger partial charge in [-0.25, -0.2) is 4.98 Å². The number of methoxy groups -OCH3 is 1. The number of pyridine rings is 1. The van der Waals surface area contributed by atoms with Crippen molar-refractivity contribution in [3.63, 3.8) is 0 Å². The van der Waals surface area contributed by atoms with Crippen LogP contribution in [0.4, 0.5) is 0 Å². The van der Waals surface area contributed by atoms with E-state index in [0.717, 1.165) is 11.1 Å². The van der Waals surface area contributed by atoms with Crippen molar-refractivity contribution in [2.24, 2.45) is 0 Å². The molecule has 1 aromatic heterocycles. The smallest absolute Gasteiger partial charge is 0.305 e. The Labute approximate surface area is 179 Å². The fraction of sp³-hybridized carbons (Fsp3) is 0.174. The van der Waals surface area contributed by atoms with E-state index in [1.165, 1.54) is 13.3 Å². The number of carbonyl (C=O) groups excluding carboxylic acids is 1. The lowest BCUT2D eigenvalue weighted by Gasteiger charge is -2.19. The normalized spacial score (nSPS) is 11.6. The van der Waals surface area contributed by atoms with E-state index >= 15 is 0 Å². The van der Waals surface area contributed by atoms with Crippen molar-refractivity contribution >= 4 is 23.5 Å². The molecule has 0 radical (unpaired) electrons. The van der Waals surface area contributed by atoms with Gasteiger partial charge < -0.3 is 15.2 Å². The number of benzene rings is 2. The Bertz CT molecular complexity index is 1080. The summed E-state index contributed by atoms with van der Waals surface area (Å²) in [4.78, 5) is 28.5. The number of carboxylic acids is 1. The Hall–Kier alpha value is -3.38. The van der Waals surface area contributed by atoms with Crippen molar-refractivity contribution in [2.75, 3.05) is 7.11 Å². The molecule has 1 atom stereocenters. The molecular weight excluding hydrogens is 404 g/mol. The molecule has 0 aliphatic heterocycles. The molecule has 30 heavy (non-hydrogen) atoms. The third kappa shape index (κ3) is 4.96. The van der Waals surface area contributed by atoms with Gasteiger partial charge in [0.05, 0.1) is 25.1 Å². The minimum Gasteiger partial charge on any atom is -0.481 e. The van der Waals surface area contributed by atoms with Crippen LogP contribution in [0.3, 0.4) is 0 Å². The lowest BCUT2D eigenvalue weighted by molar-refractivity contribution is -0.137. The number of nitrogens with one attached hydrogen (secondary N) is 1. The molecular formula is C23H21ClN2O4. The SMILES string of the molecule is COc1ncc(C(=O)N[C@@H](CC(=O)O)c2ccccc2Cl)cc1-c1cccc(C)c1. The van der Waals surface area contributed by atoms with E-state index in [1.807, 2.05) is 31.2 Å². The number of aliphatic carboxylic acids is 1. The zero-order valence-electron chi connectivity index (χ0n) is 16.6. The van der Waals surface area contributed by atoms with Crippen molar-refractivity contribution in [1.82, 2.24) is 10.3 Å². The molecule has 0 fully saturated rings. The summed E-state index contributed by atoms with van der Waals surface area (Å²) in [5, 5.41) is 12.4. The summed E-state index contributed by atoms with van der Waals surface area (Å²) in [6.45, 7) is 1.97. The van der Waals surface area contributed by atoms with Gasteiger partial charge in [0.2, 0.25) is 5.88 Å². The number of halogens is 1. The van der Waals surface area contributed by atoms with Crippen LogP contribution in [0.2, 0.25) is 5.02 Å². The first-order valence-electron chi connectivity index (χ1n) is 9.27. The molecule has 0 aliphatic carbocycles. The number of amides is 1. The number of ether oxygens (including phenoxy) is 1. The molecule has 1 amide bonds. The van der Waals surface area contributed by atoms with E-state index < -0.39 is 17.9 Å². The number of hydrogen-bond acceptors (Lipinski definition) is 4. The summed E-state index contributed by atoms with van der Waals surface area (Å²) in [7, 11) is 1.52. The molecule has 7 heteroatoms. The van der Waals surface area contributed by atoms with Crippen LogP contribution in [0.1, 0.15) is 33.9 Å². The molecule has 3 aromatic rings. The molecule has 0 bridgehead atoms. The van der Waals surface area contributed by atoms with Gasteiger partial charge in [-0.05, 0) is 30.2 Å². The average Bonchev–Trinajstić information content (AvgIpc) is 2.72. The number of nitrogens with zero attached hydrogens (tertiary/aromatic N) is 1. The first-order chi connectivity index (χ1) is 14.4. The van der Waals surface area contributed by atoms with Gasteiger partial charge in [0.15, 0.2) is 0 Å². The summed E-state index contributed by atoms with van der Waals surface area (Å²) in [5.74, 6) is -1.11. The predicted octanol–water partition coefficient (Wildman–Crippen LogP) is 4.66. The third-order valence-electron chi connectivity index (χ3n) is 4.60. The van der Waals surface area contributed by atoms with Crippen LogP contribution < -0.4 is 10.1 Å². The maximum absolute atomic E-state index is 12.9. The van der Waals surface area contributed by atoms with Crippen LogP contribution in [-0.2, 0) is 4.79 Å². The Morgan fingerprint density at radius 1 is 1.17 bits per heavy atom. The van der Waals surface area contributed by atoms with E-state index in [4.69, 9.17) is 16.3 Å². The molecule has 0 spiro atoms. The first-order valence-corrected chi connectivity index (χ1v) is 9.65. The maximum atomic E-state index is 12.9. The highest BCUT2D eigenvalue weighted by Crippen LogP contribution is 2.30. The Morgan fingerprint density at radius 3 is 2.60 bits per heavy atom. The average molecular weight is 425 g/mol. The topological polar surface area (TPSA) is 88.5 Å². The molecule has 154 valence electrons. The molecule has 3 rings (SSSR count). The Morgan fingerprint density at radius 2 is 1.93 bits per heavy atom. The number of carbonyl (C=O) groups is 2. The molecule has 6 nitrogen and oxygen atoms in total. The van der Waals surface area contributed by atoms with Gasteiger partial charge in [-0.2, -0.15) is 0 Å². The van der Waals surface area contributed by atoms with Crippen LogP contribution in [0.15, 0.2) is 60.8 Å². The van der Waals surface area contributed by atoms with E-state index in [0.29, 0.717) is 22.0 Å². The van der Waals surface area contributed by atoms with Crippen LogP contribution in [0.5, 0.6) is 5.88 Å². The fourth-order valence-corrected chi connectivity index (χ4v) is 3.44. The molecule has 0 aliphatic rings. The first kappa shape index (κ1) is 21.3. The highest BCUT2D eigenvalue weighted by molar-refractivity contribution is 6.31. The van der Waals surface area contributed by atoms with E-state index in [2.05, 4.69) is 10.3 Å². The number of aryl methyl sites for hydroxylation is 1. The van der Waals surface area contributed by atoms with Crippen LogP contribution in [0, 0.1) is 6.92 Å². The Balaban J connectivity index is 1.94. The lowest BCUT2D eigenvalue weighted by Crippen LogP contribution is -2.30. The summed E-state index contributed by atoms with van der Waals surface area (Å²) in [6, 6.07) is 15.5. The molecule has 2 N–H and O–H groups in total. The molecule has 2 aromatic carbocycles. The second-order valence-electron chi connectivity index (χ2n) is 6.80. The minimum absolute atomic E-state index is 0.287. The Kier molecular flexibility index (Phi) is 6.69. The summed E-state index contributed by atoms with van der Waals surface area (Å²) in [6.07, 6.45) is 1.10. The summed E-state index contributed by atoms with van der Waals surface area (Å²) < 4.78 is 5.36. The van der Waals surface area contributed by atoms with Crippen molar-refractivity contribution in [1.29, 1.82) is 0 Å². The zero-order chi connectivity index (χ0) is 21.7. The zero-order valence-corrected chi connectivity index (χ0v) is 17.3. The monoisotopic (exact) mass is 424 g/mol. The number of rotatable bonds is 7. The van der Waals surface area contributed by atoms with Crippen molar-refractivity contribution < 1.29 is 19.4 Å². The summed E-state index contributed by atoms with van der Waals surface area (Å²) >= 11 is 6.22. The van der Waals surface area contributed by atoms with Gasteiger partial charge in [-0.3, -0.25) is 9.59 Å². The van der Waals surface area contributed by atoms with Gasteiger partial charge in [-0.1, -0.05) is 59.6 Å². The second-order valence-corrected chi connectivity index (χ2v) is 7.20. The number of aromatic nitrogens is 1. The van der Waals surface area contributed by atoms with Gasteiger partial charge in [0, 0.05) is 16.8 Å². The molecule has 1 heterocycles. The maximum Gasteiger partial charge on any atom is 0.305 e. The van der Waals surface area contributed by atoms with E-state index in [9.17, 15) is 14.7 Å². The van der Waals surface area contributed by atoms with Gasteiger partial charge in [0.1, 0.15) is 0 Å². The highest BCUT2D eigenvalue weighted by atomic mass is 35.5. The van der Waals surface area contributed by atoms with Crippen LogP contribution >= 0.6 is 11.6 Å².